The monoisotopic (exact) mass is 453 g/mol. The largest absolute Gasteiger partial charge is 0.357 e. The molecule has 1 fully saturated rings. The minimum atomic E-state index is 0. The molecule has 0 amide bonds. The molecule has 3 rings (SSSR count). The molecule has 1 heterocycles. The second-order valence-electron chi connectivity index (χ2n) is 6.39. The van der Waals surface area contributed by atoms with Crippen molar-refractivity contribution < 1.29 is 0 Å². The minimum absolute atomic E-state index is 0. The predicted molar refractivity (Wildman–Crippen MR) is 114 cm³/mol. The van der Waals surface area contributed by atoms with Crippen molar-refractivity contribution in [1.29, 1.82) is 0 Å². The second-order valence-corrected chi connectivity index (χ2v) is 6.39. The quantitative estimate of drug-likeness (QED) is 0.385. The summed E-state index contributed by atoms with van der Waals surface area (Å²) in [5.74, 6) is 0.895. The molecule has 0 radical (unpaired) electrons. The first-order valence-electron chi connectivity index (χ1n) is 8.87. The highest BCUT2D eigenvalue weighted by Crippen LogP contribution is 2.43. The Hall–Kier alpha value is -1.57. The van der Waals surface area contributed by atoms with Gasteiger partial charge in [-0.1, -0.05) is 36.8 Å². The Bertz CT molecular complexity index is 635. The molecule has 2 aromatic rings. The van der Waals surface area contributed by atoms with E-state index in [-0.39, 0.29) is 29.4 Å². The normalized spacial score (nSPS) is 15.8. The zero-order valence-corrected chi connectivity index (χ0v) is 17.1. The zero-order valence-electron chi connectivity index (χ0n) is 14.8. The van der Waals surface area contributed by atoms with Gasteiger partial charge in [0.25, 0.3) is 0 Å². The highest BCUT2D eigenvalue weighted by atomic mass is 127. The topological polar surface area (TPSA) is 54.2 Å². The van der Waals surface area contributed by atoms with E-state index in [2.05, 4.69) is 53.0 Å². The molecule has 0 aliphatic heterocycles. The fourth-order valence-electron chi connectivity index (χ4n) is 3.23. The maximum Gasteiger partial charge on any atom is 0.191 e. The zero-order chi connectivity index (χ0) is 16.7. The van der Waals surface area contributed by atoms with E-state index >= 15 is 0 Å². The lowest BCUT2D eigenvalue weighted by atomic mass is 9.64. The van der Waals surface area contributed by atoms with E-state index in [9.17, 15) is 0 Å². The third kappa shape index (κ3) is 5.20. The highest BCUT2D eigenvalue weighted by Gasteiger charge is 2.38. The number of halogens is 1. The Morgan fingerprint density at radius 1 is 1.20 bits per heavy atom. The molecular weight excluding hydrogens is 425 g/mol. The van der Waals surface area contributed by atoms with Crippen molar-refractivity contribution in [2.24, 2.45) is 4.99 Å². The number of rotatable bonds is 7. The average Bonchev–Trinajstić information content (AvgIpc) is 3.08. The van der Waals surface area contributed by atoms with Gasteiger partial charge in [-0.15, -0.1) is 24.0 Å². The molecule has 0 bridgehead atoms. The van der Waals surface area contributed by atoms with Gasteiger partial charge in [0, 0.05) is 30.9 Å². The highest BCUT2D eigenvalue weighted by molar-refractivity contribution is 14.0. The minimum Gasteiger partial charge on any atom is -0.357 e. The van der Waals surface area contributed by atoms with Crippen LogP contribution in [0.2, 0.25) is 0 Å². The molecule has 0 atom stereocenters. The molecule has 1 aliphatic rings. The van der Waals surface area contributed by atoms with Crippen molar-refractivity contribution >= 4 is 29.9 Å². The third-order valence-electron chi connectivity index (χ3n) is 4.77. The van der Waals surface area contributed by atoms with Gasteiger partial charge in [0.05, 0.1) is 13.1 Å². The Labute approximate surface area is 167 Å². The number of hydrogen-bond donors (Lipinski definition) is 2. The van der Waals surface area contributed by atoms with E-state index in [0.29, 0.717) is 0 Å². The number of hydrogen-bond acceptors (Lipinski definition) is 2. The molecule has 6 heteroatoms. The number of benzene rings is 1. The average molecular weight is 453 g/mol. The molecule has 0 spiro atoms. The van der Waals surface area contributed by atoms with Gasteiger partial charge in [-0.3, -0.25) is 9.67 Å². The molecule has 0 saturated heterocycles. The lowest BCUT2D eigenvalue weighted by Gasteiger charge is -2.41. The van der Waals surface area contributed by atoms with Crippen molar-refractivity contribution in [2.75, 3.05) is 19.6 Å². The van der Waals surface area contributed by atoms with Gasteiger partial charge in [-0.25, -0.2) is 0 Å². The Morgan fingerprint density at radius 3 is 2.60 bits per heavy atom. The predicted octanol–water partition coefficient (Wildman–Crippen LogP) is 3.18. The van der Waals surface area contributed by atoms with Gasteiger partial charge in [0.15, 0.2) is 5.96 Å². The summed E-state index contributed by atoms with van der Waals surface area (Å²) in [7, 11) is 0. The number of guanidine groups is 1. The molecule has 1 aromatic heterocycles. The summed E-state index contributed by atoms with van der Waals surface area (Å²) >= 11 is 0. The van der Waals surface area contributed by atoms with E-state index < -0.39 is 0 Å². The molecule has 25 heavy (non-hydrogen) atoms. The molecular formula is C19H28IN5. The van der Waals surface area contributed by atoms with Crippen LogP contribution in [0.15, 0.2) is 53.8 Å². The fourth-order valence-corrected chi connectivity index (χ4v) is 3.23. The summed E-state index contributed by atoms with van der Waals surface area (Å²) in [6.45, 7) is 5.45. The fraction of sp³-hybridized carbons (Fsp3) is 0.474. The first-order chi connectivity index (χ1) is 11.8. The van der Waals surface area contributed by atoms with Crippen molar-refractivity contribution in [3.63, 3.8) is 0 Å². The molecule has 1 aromatic carbocycles. The smallest absolute Gasteiger partial charge is 0.191 e. The maximum absolute atomic E-state index is 4.87. The van der Waals surface area contributed by atoms with Gasteiger partial charge in [-0.2, -0.15) is 5.10 Å². The van der Waals surface area contributed by atoms with Crippen molar-refractivity contribution in [3.8, 4) is 0 Å². The molecule has 1 saturated carbocycles. The van der Waals surface area contributed by atoms with Crippen molar-refractivity contribution in [2.45, 2.75) is 38.1 Å². The summed E-state index contributed by atoms with van der Waals surface area (Å²) < 4.78 is 1.92. The van der Waals surface area contributed by atoms with Crippen LogP contribution >= 0.6 is 24.0 Å². The van der Waals surface area contributed by atoms with Gasteiger partial charge in [0.2, 0.25) is 0 Å². The lowest BCUT2D eigenvalue weighted by molar-refractivity contribution is 0.253. The lowest BCUT2D eigenvalue weighted by Crippen LogP contribution is -2.42. The SMILES string of the molecule is CCNC(=NCC1(c2ccccc2)CCC1)NCCn1cccn1.I. The van der Waals surface area contributed by atoms with Crippen molar-refractivity contribution in [1.82, 2.24) is 20.4 Å². The number of aliphatic imine (C=N–C) groups is 1. The first kappa shape index (κ1) is 19.8. The van der Waals surface area contributed by atoms with Crippen LogP contribution < -0.4 is 10.6 Å². The molecule has 5 nitrogen and oxygen atoms in total. The van der Waals surface area contributed by atoms with Gasteiger partial charge < -0.3 is 10.6 Å². The summed E-state index contributed by atoms with van der Waals surface area (Å²) in [5, 5.41) is 11.0. The van der Waals surface area contributed by atoms with Crippen LogP contribution in [0.3, 0.4) is 0 Å². The Morgan fingerprint density at radius 2 is 2.00 bits per heavy atom. The van der Waals surface area contributed by atoms with Crippen LogP contribution in [0.25, 0.3) is 0 Å². The van der Waals surface area contributed by atoms with E-state index in [1.807, 2.05) is 16.9 Å². The van der Waals surface area contributed by atoms with Crippen LogP contribution in [0.1, 0.15) is 31.7 Å². The first-order valence-corrected chi connectivity index (χ1v) is 8.87. The second kappa shape index (κ2) is 9.79. The summed E-state index contributed by atoms with van der Waals surface area (Å²) in [5.41, 5.74) is 1.65. The van der Waals surface area contributed by atoms with Crippen LogP contribution in [0, 0.1) is 0 Å². The number of nitrogens with zero attached hydrogens (tertiary/aromatic N) is 3. The van der Waals surface area contributed by atoms with Crippen LogP contribution in [-0.2, 0) is 12.0 Å². The van der Waals surface area contributed by atoms with Gasteiger partial charge in [-0.05, 0) is 31.4 Å². The maximum atomic E-state index is 4.87. The van der Waals surface area contributed by atoms with E-state index in [4.69, 9.17) is 4.99 Å². The number of aromatic nitrogens is 2. The van der Waals surface area contributed by atoms with Gasteiger partial charge >= 0.3 is 0 Å². The van der Waals surface area contributed by atoms with Crippen LogP contribution in [0.5, 0.6) is 0 Å². The van der Waals surface area contributed by atoms with E-state index in [0.717, 1.165) is 32.1 Å². The Balaban J connectivity index is 0.00000225. The Kier molecular flexibility index (Phi) is 7.74. The number of nitrogens with one attached hydrogen (secondary N) is 2. The van der Waals surface area contributed by atoms with Gasteiger partial charge in [0.1, 0.15) is 0 Å². The van der Waals surface area contributed by atoms with E-state index in [1.165, 1.54) is 24.8 Å². The van der Waals surface area contributed by atoms with Crippen LogP contribution in [-0.4, -0.2) is 35.4 Å². The standard InChI is InChI=1S/C19H27N5.HI/c1-2-20-18(21-13-15-24-14-7-12-23-24)22-16-19(10-6-11-19)17-8-4-3-5-9-17;/h3-5,7-9,12,14H,2,6,10-11,13,15-16H2,1H3,(H2,20,21,22);1H. The molecule has 0 unspecified atom stereocenters. The third-order valence-corrected chi connectivity index (χ3v) is 4.77. The van der Waals surface area contributed by atoms with E-state index in [1.54, 1.807) is 6.20 Å². The molecule has 136 valence electrons. The summed E-state index contributed by atoms with van der Waals surface area (Å²) in [6.07, 6.45) is 7.54. The molecule has 1 aliphatic carbocycles. The summed E-state index contributed by atoms with van der Waals surface area (Å²) in [6, 6.07) is 12.8. The molecule has 2 N–H and O–H groups in total. The summed E-state index contributed by atoms with van der Waals surface area (Å²) in [4.78, 5) is 4.87. The van der Waals surface area contributed by atoms with Crippen molar-refractivity contribution in [3.05, 3.63) is 54.4 Å². The van der Waals surface area contributed by atoms with Crippen LogP contribution in [0.4, 0.5) is 0 Å².